The van der Waals surface area contributed by atoms with Gasteiger partial charge in [-0.3, -0.25) is 0 Å². The summed E-state index contributed by atoms with van der Waals surface area (Å²) in [4.78, 5) is 7.21. The number of anilines is 1. The van der Waals surface area contributed by atoms with Gasteiger partial charge in [-0.15, -0.1) is 0 Å². The molecule has 0 aliphatic heterocycles. The third-order valence-electron chi connectivity index (χ3n) is 2.56. The quantitative estimate of drug-likeness (QED) is 0.813. The van der Waals surface area contributed by atoms with Crippen LogP contribution in [0.25, 0.3) is 0 Å². The maximum atomic E-state index is 8.99. The van der Waals surface area contributed by atoms with Gasteiger partial charge in [-0.25, -0.2) is 4.98 Å². The number of aromatic amines is 1. The van der Waals surface area contributed by atoms with Crippen molar-refractivity contribution >= 4 is 17.3 Å². The first-order chi connectivity index (χ1) is 8.79. The molecule has 0 aliphatic carbocycles. The summed E-state index contributed by atoms with van der Waals surface area (Å²) in [6.45, 7) is 0.789. The molecule has 4 nitrogen and oxygen atoms in total. The highest BCUT2D eigenvalue weighted by Crippen LogP contribution is 2.19. The van der Waals surface area contributed by atoms with E-state index in [1.807, 2.05) is 12.3 Å². The van der Waals surface area contributed by atoms with E-state index < -0.39 is 0 Å². The van der Waals surface area contributed by atoms with Crippen LogP contribution in [0.2, 0.25) is 5.02 Å². The minimum absolute atomic E-state index is 0.570. The summed E-state index contributed by atoms with van der Waals surface area (Å²) < 4.78 is 0. The Balaban J connectivity index is 1.85. The average molecular weight is 261 g/mol. The van der Waals surface area contributed by atoms with E-state index in [0.29, 0.717) is 10.6 Å². The molecule has 0 saturated heterocycles. The molecule has 5 heteroatoms. The fraction of sp³-hybridized carbons (Fsp3) is 0.231. The summed E-state index contributed by atoms with van der Waals surface area (Å²) in [7, 11) is 0. The molecule has 1 aromatic heterocycles. The molecule has 1 aromatic carbocycles. The van der Waals surface area contributed by atoms with Gasteiger partial charge in [0.2, 0.25) is 0 Å². The van der Waals surface area contributed by atoms with Crippen LogP contribution in [0.5, 0.6) is 0 Å². The van der Waals surface area contributed by atoms with Crippen LogP contribution >= 0.6 is 11.6 Å². The van der Waals surface area contributed by atoms with Crippen LogP contribution in [0, 0.1) is 11.3 Å². The zero-order valence-electron chi connectivity index (χ0n) is 9.78. The number of hydrogen-bond acceptors (Lipinski definition) is 3. The van der Waals surface area contributed by atoms with Crippen molar-refractivity contribution in [3.8, 4) is 6.07 Å². The second-order valence-corrected chi connectivity index (χ2v) is 4.30. The summed E-state index contributed by atoms with van der Waals surface area (Å²) in [6.07, 6.45) is 5.39. The lowest BCUT2D eigenvalue weighted by Gasteiger charge is -2.07. The highest BCUT2D eigenvalue weighted by atomic mass is 35.5. The molecule has 0 saturated carbocycles. The van der Waals surface area contributed by atoms with E-state index in [4.69, 9.17) is 16.9 Å². The number of imidazole rings is 1. The lowest BCUT2D eigenvalue weighted by molar-refractivity contribution is 0.816. The minimum atomic E-state index is 0.570. The van der Waals surface area contributed by atoms with Crippen molar-refractivity contribution in [1.29, 1.82) is 5.26 Å². The van der Waals surface area contributed by atoms with Gasteiger partial charge in [0.25, 0.3) is 0 Å². The van der Waals surface area contributed by atoms with E-state index in [1.165, 1.54) is 0 Å². The van der Waals surface area contributed by atoms with Gasteiger partial charge >= 0.3 is 0 Å². The van der Waals surface area contributed by atoms with E-state index in [9.17, 15) is 0 Å². The molecule has 0 atom stereocenters. The molecule has 0 unspecified atom stereocenters. The number of aryl methyl sites for hydroxylation is 1. The first-order valence-electron chi connectivity index (χ1n) is 5.71. The SMILES string of the molecule is N#Cc1cc(Cl)ccc1NCCCc1ncc[nH]1. The second kappa shape index (κ2) is 6.08. The zero-order valence-corrected chi connectivity index (χ0v) is 10.5. The minimum Gasteiger partial charge on any atom is -0.384 e. The normalized spacial score (nSPS) is 10.0. The number of nitriles is 1. The van der Waals surface area contributed by atoms with Gasteiger partial charge in [-0.2, -0.15) is 5.26 Å². The maximum Gasteiger partial charge on any atom is 0.106 e. The highest BCUT2D eigenvalue weighted by Gasteiger charge is 2.02. The van der Waals surface area contributed by atoms with Crippen molar-refractivity contribution in [3.63, 3.8) is 0 Å². The highest BCUT2D eigenvalue weighted by molar-refractivity contribution is 6.30. The molecular formula is C13H13ClN4. The lowest BCUT2D eigenvalue weighted by Crippen LogP contribution is -2.05. The summed E-state index contributed by atoms with van der Waals surface area (Å²) in [5.74, 6) is 0.980. The molecule has 2 aromatic rings. The van der Waals surface area contributed by atoms with Crippen LogP contribution in [0.15, 0.2) is 30.6 Å². The van der Waals surface area contributed by atoms with E-state index in [0.717, 1.165) is 30.9 Å². The van der Waals surface area contributed by atoms with Crippen LogP contribution in [0.1, 0.15) is 17.8 Å². The van der Waals surface area contributed by atoms with E-state index in [2.05, 4.69) is 21.4 Å². The zero-order chi connectivity index (χ0) is 12.8. The van der Waals surface area contributed by atoms with Crippen LogP contribution in [0.3, 0.4) is 0 Å². The number of halogens is 1. The molecular weight excluding hydrogens is 248 g/mol. The lowest BCUT2D eigenvalue weighted by atomic mass is 10.2. The standard InChI is InChI=1S/C13H13ClN4/c14-11-3-4-12(10(8-11)9-15)16-5-1-2-13-17-6-7-18-13/h3-4,6-8,16H,1-2,5H2,(H,17,18). The molecule has 0 radical (unpaired) electrons. The van der Waals surface area contributed by atoms with E-state index >= 15 is 0 Å². The van der Waals surface area contributed by atoms with Crippen LogP contribution < -0.4 is 5.32 Å². The van der Waals surface area contributed by atoms with Gasteiger partial charge in [0.05, 0.1) is 11.3 Å². The third-order valence-corrected chi connectivity index (χ3v) is 2.80. The topological polar surface area (TPSA) is 64.5 Å². The monoisotopic (exact) mass is 260 g/mol. The fourth-order valence-corrected chi connectivity index (χ4v) is 1.85. The van der Waals surface area contributed by atoms with Gasteiger partial charge in [0.1, 0.15) is 11.9 Å². The Morgan fingerprint density at radius 2 is 2.33 bits per heavy atom. The Kier molecular flexibility index (Phi) is 4.21. The molecule has 0 amide bonds. The van der Waals surface area contributed by atoms with E-state index in [-0.39, 0.29) is 0 Å². The summed E-state index contributed by atoms with van der Waals surface area (Å²) in [5, 5.41) is 12.8. The Bertz CT molecular complexity index is 543. The second-order valence-electron chi connectivity index (χ2n) is 3.87. The Morgan fingerprint density at radius 3 is 3.06 bits per heavy atom. The van der Waals surface area contributed by atoms with Crippen molar-refractivity contribution in [3.05, 3.63) is 47.0 Å². The number of aromatic nitrogens is 2. The molecule has 92 valence electrons. The summed E-state index contributed by atoms with van der Waals surface area (Å²) in [5.41, 5.74) is 1.39. The van der Waals surface area contributed by atoms with Crippen molar-refractivity contribution in [2.75, 3.05) is 11.9 Å². The van der Waals surface area contributed by atoms with Gasteiger partial charge in [-0.05, 0) is 24.6 Å². The molecule has 2 N–H and O–H groups in total. The molecule has 0 aliphatic rings. The number of nitrogens with zero attached hydrogens (tertiary/aromatic N) is 2. The Labute approximate surface area is 111 Å². The number of nitrogens with one attached hydrogen (secondary N) is 2. The molecule has 0 fully saturated rings. The third kappa shape index (κ3) is 3.25. The van der Waals surface area contributed by atoms with Crippen molar-refractivity contribution < 1.29 is 0 Å². The van der Waals surface area contributed by atoms with Crippen molar-refractivity contribution in [2.24, 2.45) is 0 Å². The first-order valence-corrected chi connectivity index (χ1v) is 6.09. The Morgan fingerprint density at radius 1 is 1.44 bits per heavy atom. The van der Waals surface area contributed by atoms with Crippen LogP contribution in [0.4, 0.5) is 5.69 Å². The van der Waals surface area contributed by atoms with Gasteiger partial charge in [-0.1, -0.05) is 11.6 Å². The van der Waals surface area contributed by atoms with Crippen LogP contribution in [-0.2, 0) is 6.42 Å². The largest absolute Gasteiger partial charge is 0.384 e. The molecule has 1 heterocycles. The average Bonchev–Trinajstić information content (AvgIpc) is 2.89. The predicted molar refractivity (Wildman–Crippen MR) is 71.6 cm³/mol. The fourth-order valence-electron chi connectivity index (χ4n) is 1.68. The predicted octanol–water partition coefficient (Wildman–Crippen LogP) is 2.98. The number of hydrogen-bond donors (Lipinski definition) is 2. The number of benzene rings is 1. The Hall–Kier alpha value is -1.99. The molecule has 2 rings (SSSR count). The maximum absolute atomic E-state index is 8.99. The molecule has 0 spiro atoms. The van der Waals surface area contributed by atoms with Gasteiger partial charge in [0, 0.05) is 30.4 Å². The summed E-state index contributed by atoms with van der Waals surface area (Å²) >= 11 is 5.83. The smallest absolute Gasteiger partial charge is 0.106 e. The summed E-state index contributed by atoms with van der Waals surface area (Å²) in [6, 6.07) is 7.39. The molecule has 0 bridgehead atoms. The number of rotatable bonds is 5. The van der Waals surface area contributed by atoms with Gasteiger partial charge in [0.15, 0.2) is 0 Å². The first kappa shape index (κ1) is 12.5. The van der Waals surface area contributed by atoms with Crippen molar-refractivity contribution in [2.45, 2.75) is 12.8 Å². The van der Waals surface area contributed by atoms with Crippen molar-refractivity contribution in [1.82, 2.24) is 9.97 Å². The molecule has 18 heavy (non-hydrogen) atoms. The van der Waals surface area contributed by atoms with E-state index in [1.54, 1.807) is 18.3 Å². The van der Waals surface area contributed by atoms with Gasteiger partial charge < -0.3 is 10.3 Å². The van der Waals surface area contributed by atoms with Crippen LogP contribution in [-0.4, -0.2) is 16.5 Å². The number of H-pyrrole nitrogens is 1.